The summed E-state index contributed by atoms with van der Waals surface area (Å²) in [5, 5.41) is 30.1. The molecule has 0 saturated heterocycles. The average Bonchev–Trinajstić information content (AvgIpc) is 2.50. The Hall–Kier alpha value is -3.09. The van der Waals surface area contributed by atoms with Crippen LogP contribution >= 0.6 is 0 Å². The van der Waals surface area contributed by atoms with Crippen LogP contribution in [0.3, 0.4) is 0 Å². The first-order valence-corrected chi connectivity index (χ1v) is 6.29. The number of hydrogen-bond acceptors (Lipinski definition) is 6. The normalized spacial score (nSPS) is 10.2. The van der Waals surface area contributed by atoms with Gasteiger partial charge in [-0.3, -0.25) is 14.9 Å². The van der Waals surface area contributed by atoms with Gasteiger partial charge >= 0.3 is 0 Å². The van der Waals surface area contributed by atoms with E-state index in [0.29, 0.717) is 5.56 Å². The third kappa shape index (κ3) is 2.98. The maximum atomic E-state index is 12.2. The van der Waals surface area contributed by atoms with E-state index in [9.17, 15) is 25.1 Å². The molecule has 7 nitrogen and oxygen atoms in total. The molecule has 0 aliphatic rings. The summed E-state index contributed by atoms with van der Waals surface area (Å²) < 4.78 is 4.83. The highest BCUT2D eigenvalue weighted by Gasteiger charge is 2.18. The number of rotatable bonds is 5. The lowest BCUT2D eigenvalue weighted by molar-refractivity contribution is -0.384. The highest BCUT2D eigenvalue weighted by atomic mass is 16.6. The molecule has 114 valence electrons. The van der Waals surface area contributed by atoms with Gasteiger partial charge in [-0.2, -0.15) is 0 Å². The van der Waals surface area contributed by atoms with Crippen molar-refractivity contribution in [1.82, 2.24) is 0 Å². The maximum Gasteiger partial charge on any atom is 0.269 e. The van der Waals surface area contributed by atoms with Gasteiger partial charge < -0.3 is 14.9 Å². The van der Waals surface area contributed by atoms with Crippen molar-refractivity contribution < 1.29 is 24.7 Å². The van der Waals surface area contributed by atoms with Crippen LogP contribution in [-0.4, -0.2) is 28.0 Å². The fourth-order valence-corrected chi connectivity index (χ4v) is 1.97. The molecule has 7 heteroatoms. The monoisotopic (exact) mass is 303 g/mol. The van der Waals surface area contributed by atoms with Gasteiger partial charge in [0.2, 0.25) is 5.75 Å². The molecule has 0 spiro atoms. The van der Waals surface area contributed by atoms with Crippen LogP contribution in [0.2, 0.25) is 0 Å². The molecule has 0 atom stereocenters. The minimum Gasteiger partial charge on any atom is -0.504 e. The van der Waals surface area contributed by atoms with Gasteiger partial charge in [0.05, 0.1) is 17.6 Å². The van der Waals surface area contributed by atoms with Crippen molar-refractivity contribution >= 4 is 11.5 Å². The first kappa shape index (κ1) is 15.3. The van der Waals surface area contributed by atoms with E-state index in [2.05, 4.69) is 0 Å². The van der Waals surface area contributed by atoms with E-state index in [1.165, 1.54) is 43.5 Å². The van der Waals surface area contributed by atoms with Crippen molar-refractivity contribution in [2.45, 2.75) is 6.42 Å². The number of ketones is 1. The summed E-state index contributed by atoms with van der Waals surface area (Å²) in [6.07, 6.45) is -0.0582. The molecule has 0 radical (unpaired) electrons. The number of nitro groups is 1. The summed E-state index contributed by atoms with van der Waals surface area (Å²) in [4.78, 5) is 22.2. The lowest BCUT2D eigenvalue weighted by Gasteiger charge is -2.09. The predicted octanol–water partition coefficient (Wildman–Crippen LogP) is 2.44. The fraction of sp³-hybridized carbons (Fsp3) is 0.133. The Bertz CT molecular complexity index is 724. The number of phenolic OH excluding ortho intramolecular Hbond substituents is 2. The fourth-order valence-electron chi connectivity index (χ4n) is 1.97. The van der Waals surface area contributed by atoms with Gasteiger partial charge in [-0.05, 0) is 17.7 Å². The number of carbonyl (C=O) groups is 1. The van der Waals surface area contributed by atoms with E-state index in [4.69, 9.17) is 4.74 Å². The van der Waals surface area contributed by atoms with Crippen LogP contribution < -0.4 is 4.74 Å². The van der Waals surface area contributed by atoms with Crippen molar-refractivity contribution in [2.24, 2.45) is 0 Å². The molecule has 0 amide bonds. The number of benzene rings is 2. The summed E-state index contributed by atoms with van der Waals surface area (Å²) in [6.45, 7) is 0. The van der Waals surface area contributed by atoms with Crippen LogP contribution in [0, 0.1) is 10.1 Å². The standard InChI is InChI=1S/C15H13NO6/c1-22-13-7-6-11(14(18)15(13)19)12(17)8-9-2-4-10(5-3-9)16(20)21/h2-7,18-19H,8H2,1H3. The quantitative estimate of drug-likeness (QED) is 0.380. The Labute approximate surface area is 125 Å². The first-order valence-electron chi connectivity index (χ1n) is 6.29. The summed E-state index contributed by atoms with van der Waals surface area (Å²) >= 11 is 0. The van der Waals surface area contributed by atoms with E-state index in [-0.39, 0.29) is 23.4 Å². The highest BCUT2D eigenvalue weighted by molar-refractivity contribution is 6.00. The minimum absolute atomic E-state index is 0.0448. The largest absolute Gasteiger partial charge is 0.504 e. The van der Waals surface area contributed by atoms with Crippen molar-refractivity contribution in [3.63, 3.8) is 0 Å². The van der Waals surface area contributed by atoms with Crippen LogP contribution in [0.25, 0.3) is 0 Å². The number of hydrogen-bond donors (Lipinski definition) is 2. The molecule has 2 aromatic carbocycles. The second kappa shape index (κ2) is 6.13. The molecule has 0 aliphatic carbocycles. The number of aromatic hydroxyl groups is 2. The van der Waals surface area contributed by atoms with Gasteiger partial charge in [0.25, 0.3) is 5.69 Å². The number of Topliss-reactive ketones (excluding diaryl/α,β-unsaturated/α-hetero) is 1. The molecule has 2 rings (SSSR count). The summed E-state index contributed by atoms with van der Waals surface area (Å²) in [5.74, 6) is -1.42. The van der Waals surface area contributed by atoms with Crippen LogP contribution in [-0.2, 0) is 6.42 Å². The van der Waals surface area contributed by atoms with E-state index in [1.807, 2.05) is 0 Å². The second-order valence-corrected chi connectivity index (χ2v) is 4.54. The topological polar surface area (TPSA) is 110 Å². The molecule has 2 aromatic rings. The van der Waals surface area contributed by atoms with Crippen LogP contribution in [0.5, 0.6) is 17.2 Å². The minimum atomic E-state index is -0.550. The van der Waals surface area contributed by atoms with Crippen LogP contribution in [0.15, 0.2) is 36.4 Å². The number of ether oxygens (including phenoxy) is 1. The molecular formula is C15H13NO6. The van der Waals surface area contributed by atoms with Gasteiger partial charge in [-0.25, -0.2) is 0 Å². The molecule has 0 aromatic heterocycles. The third-order valence-electron chi connectivity index (χ3n) is 3.15. The third-order valence-corrected chi connectivity index (χ3v) is 3.15. The Morgan fingerprint density at radius 3 is 2.32 bits per heavy atom. The zero-order valence-corrected chi connectivity index (χ0v) is 11.6. The van der Waals surface area contributed by atoms with E-state index >= 15 is 0 Å². The predicted molar refractivity (Wildman–Crippen MR) is 77.5 cm³/mol. The maximum absolute atomic E-state index is 12.2. The molecular weight excluding hydrogens is 290 g/mol. The summed E-state index contributed by atoms with van der Waals surface area (Å²) in [6, 6.07) is 8.26. The zero-order chi connectivity index (χ0) is 16.3. The molecule has 0 aliphatic heterocycles. The second-order valence-electron chi connectivity index (χ2n) is 4.54. The van der Waals surface area contributed by atoms with Gasteiger partial charge in [-0.1, -0.05) is 12.1 Å². The Morgan fingerprint density at radius 2 is 1.77 bits per heavy atom. The average molecular weight is 303 g/mol. The highest BCUT2D eigenvalue weighted by Crippen LogP contribution is 2.38. The Morgan fingerprint density at radius 1 is 1.14 bits per heavy atom. The zero-order valence-electron chi connectivity index (χ0n) is 11.6. The smallest absolute Gasteiger partial charge is 0.269 e. The lowest BCUT2D eigenvalue weighted by Crippen LogP contribution is -2.04. The molecule has 0 fully saturated rings. The molecule has 0 saturated carbocycles. The molecule has 22 heavy (non-hydrogen) atoms. The molecule has 0 heterocycles. The Kier molecular flexibility index (Phi) is 4.26. The number of nitro benzene ring substituents is 1. The lowest BCUT2D eigenvalue weighted by atomic mass is 10.0. The SMILES string of the molecule is COc1ccc(C(=O)Cc2ccc([N+](=O)[O-])cc2)c(O)c1O. The van der Waals surface area contributed by atoms with Crippen molar-refractivity contribution in [3.8, 4) is 17.2 Å². The summed E-state index contributed by atoms with van der Waals surface area (Å²) in [5.41, 5.74) is 0.447. The van der Waals surface area contributed by atoms with Gasteiger partial charge in [0.15, 0.2) is 17.3 Å². The number of phenols is 2. The van der Waals surface area contributed by atoms with Crippen molar-refractivity contribution in [3.05, 3.63) is 57.6 Å². The van der Waals surface area contributed by atoms with Crippen molar-refractivity contribution in [1.29, 1.82) is 0 Å². The van der Waals surface area contributed by atoms with Crippen molar-refractivity contribution in [2.75, 3.05) is 7.11 Å². The van der Waals surface area contributed by atoms with Gasteiger partial charge in [0, 0.05) is 18.6 Å². The molecule has 0 bridgehead atoms. The van der Waals surface area contributed by atoms with Crippen LogP contribution in [0.4, 0.5) is 5.69 Å². The Balaban J connectivity index is 2.22. The van der Waals surface area contributed by atoms with Gasteiger partial charge in [0.1, 0.15) is 0 Å². The van der Waals surface area contributed by atoms with E-state index < -0.39 is 22.2 Å². The van der Waals surface area contributed by atoms with Crippen LogP contribution in [0.1, 0.15) is 15.9 Å². The number of nitrogens with zero attached hydrogens (tertiary/aromatic N) is 1. The van der Waals surface area contributed by atoms with E-state index in [1.54, 1.807) is 0 Å². The summed E-state index contributed by atoms with van der Waals surface area (Å²) in [7, 11) is 1.33. The van der Waals surface area contributed by atoms with Gasteiger partial charge in [-0.15, -0.1) is 0 Å². The molecule has 0 unspecified atom stereocenters. The number of methoxy groups -OCH3 is 1. The number of carbonyl (C=O) groups excluding carboxylic acids is 1. The first-order chi connectivity index (χ1) is 10.4. The molecule has 2 N–H and O–H groups in total. The number of non-ortho nitro benzene ring substituents is 1. The van der Waals surface area contributed by atoms with E-state index in [0.717, 1.165) is 0 Å².